The maximum Gasteiger partial charge on any atom is 0.297 e. The quantitative estimate of drug-likeness (QED) is 0.508. The maximum atomic E-state index is 13.1. The van der Waals surface area contributed by atoms with Gasteiger partial charge in [-0.05, 0) is 42.8 Å². The number of carbonyl (C=O) groups is 1. The van der Waals surface area contributed by atoms with E-state index in [0.29, 0.717) is 11.2 Å². The Hall–Kier alpha value is -3.00. The van der Waals surface area contributed by atoms with Gasteiger partial charge in [-0.25, -0.2) is 0 Å². The fourth-order valence-corrected chi connectivity index (χ4v) is 3.63. The number of nitrogens with one attached hydrogen (secondary N) is 1. The van der Waals surface area contributed by atoms with Crippen LogP contribution in [-0.2, 0) is 11.3 Å². The molecule has 4 rings (SSSR count). The highest BCUT2D eigenvalue weighted by molar-refractivity contribution is 9.10. The third kappa shape index (κ3) is 3.44. The molecule has 1 amide bonds. The first-order chi connectivity index (χ1) is 13.9. The van der Waals surface area contributed by atoms with E-state index in [9.17, 15) is 9.59 Å². The molecule has 148 valence electrons. The van der Waals surface area contributed by atoms with Crippen molar-refractivity contribution in [3.05, 3.63) is 68.7 Å². The molecule has 0 radical (unpaired) electrons. The summed E-state index contributed by atoms with van der Waals surface area (Å²) in [5, 5.41) is 11.2. The van der Waals surface area contributed by atoms with Crippen LogP contribution in [0.1, 0.15) is 31.2 Å². The second kappa shape index (κ2) is 7.44. The third-order valence-electron chi connectivity index (χ3n) is 4.80. The number of anilines is 1. The van der Waals surface area contributed by atoms with E-state index in [2.05, 4.69) is 31.4 Å². The second-order valence-corrected chi connectivity index (χ2v) is 8.12. The normalized spacial score (nSPS) is 11.5. The van der Waals surface area contributed by atoms with Gasteiger partial charge in [-0.1, -0.05) is 41.9 Å². The van der Waals surface area contributed by atoms with Gasteiger partial charge < -0.3 is 5.32 Å². The standard InChI is InChI=1S/C21H20BrN5O2/c1-12(2)19-24-25-20-21(29)26(16-6-4-5-7-17(16)27(19)20)11-18(28)23-14-8-9-15(22)13(3)10-14/h4-10,12H,11H2,1-3H3,(H,23,28). The number of fused-ring (bicyclic) bond motifs is 3. The molecule has 0 spiro atoms. The van der Waals surface area contributed by atoms with Gasteiger partial charge in [-0.2, -0.15) is 0 Å². The first-order valence-electron chi connectivity index (χ1n) is 9.29. The molecular weight excluding hydrogens is 434 g/mol. The lowest BCUT2D eigenvalue weighted by Crippen LogP contribution is -2.29. The Morgan fingerprint density at radius 2 is 1.86 bits per heavy atom. The molecule has 2 heterocycles. The molecular formula is C21H20BrN5O2. The minimum absolute atomic E-state index is 0.104. The van der Waals surface area contributed by atoms with Crippen LogP contribution in [0.4, 0.5) is 5.69 Å². The molecule has 0 bridgehead atoms. The summed E-state index contributed by atoms with van der Waals surface area (Å²) in [4.78, 5) is 25.8. The average molecular weight is 454 g/mol. The Balaban J connectivity index is 1.79. The van der Waals surface area contributed by atoms with Gasteiger partial charge in [0.05, 0.1) is 11.0 Å². The number of amides is 1. The maximum absolute atomic E-state index is 13.1. The van der Waals surface area contributed by atoms with E-state index in [0.717, 1.165) is 21.4 Å². The monoisotopic (exact) mass is 453 g/mol. The van der Waals surface area contributed by atoms with Crippen molar-refractivity contribution in [2.75, 3.05) is 5.32 Å². The summed E-state index contributed by atoms with van der Waals surface area (Å²) in [6.07, 6.45) is 0. The Morgan fingerprint density at radius 1 is 1.14 bits per heavy atom. The summed E-state index contributed by atoms with van der Waals surface area (Å²) >= 11 is 3.45. The molecule has 2 aromatic heterocycles. The summed E-state index contributed by atoms with van der Waals surface area (Å²) in [6.45, 7) is 5.84. The van der Waals surface area contributed by atoms with E-state index in [1.165, 1.54) is 4.57 Å². The first-order valence-corrected chi connectivity index (χ1v) is 10.1. The van der Waals surface area contributed by atoms with Gasteiger partial charge >= 0.3 is 0 Å². The van der Waals surface area contributed by atoms with Crippen molar-refractivity contribution in [2.24, 2.45) is 0 Å². The zero-order valence-electron chi connectivity index (χ0n) is 16.3. The van der Waals surface area contributed by atoms with Gasteiger partial charge in [0.25, 0.3) is 5.56 Å². The van der Waals surface area contributed by atoms with Crippen molar-refractivity contribution < 1.29 is 4.79 Å². The van der Waals surface area contributed by atoms with Crippen molar-refractivity contribution in [1.29, 1.82) is 0 Å². The lowest BCUT2D eigenvalue weighted by atomic mass is 10.2. The van der Waals surface area contributed by atoms with Crippen LogP contribution in [0, 0.1) is 6.92 Å². The molecule has 0 unspecified atom stereocenters. The average Bonchev–Trinajstić information content (AvgIpc) is 3.14. The number of aromatic nitrogens is 4. The number of aryl methyl sites for hydroxylation is 1. The van der Waals surface area contributed by atoms with Crippen LogP contribution in [0.3, 0.4) is 0 Å². The summed E-state index contributed by atoms with van der Waals surface area (Å²) in [5.74, 6) is 0.537. The van der Waals surface area contributed by atoms with Crippen LogP contribution < -0.4 is 10.9 Å². The van der Waals surface area contributed by atoms with E-state index >= 15 is 0 Å². The molecule has 2 aromatic carbocycles. The molecule has 0 saturated heterocycles. The van der Waals surface area contributed by atoms with Gasteiger partial charge in [-0.3, -0.25) is 18.6 Å². The summed E-state index contributed by atoms with van der Waals surface area (Å²) in [6, 6.07) is 13.0. The Bertz CT molecular complexity index is 1310. The van der Waals surface area contributed by atoms with Gasteiger partial charge in [-0.15, -0.1) is 10.2 Å². The largest absolute Gasteiger partial charge is 0.325 e. The van der Waals surface area contributed by atoms with Gasteiger partial charge in [0.2, 0.25) is 11.6 Å². The number of benzene rings is 2. The molecule has 0 aliphatic heterocycles. The Labute approximate surface area is 175 Å². The van der Waals surface area contributed by atoms with E-state index < -0.39 is 0 Å². The van der Waals surface area contributed by atoms with Crippen LogP contribution in [0.15, 0.2) is 51.7 Å². The molecule has 7 nitrogen and oxygen atoms in total. The lowest BCUT2D eigenvalue weighted by molar-refractivity contribution is -0.116. The van der Waals surface area contributed by atoms with Crippen LogP contribution in [0.2, 0.25) is 0 Å². The highest BCUT2D eigenvalue weighted by Gasteiger charge is 2.19. The zero-order chi connectivity index (χ0) is 20.7. The Morgan fingerprint density at radius 3 is 2.55 bits per heavy atom. The molecule has 0 fully saturated rings. The summed E-state index contributed by atoms with van der Waals surface area (Å²) < 4.78 is 4.20. The third-order valence-corrected chi connectivity index (χ3v) is 5.69. The predicted molar refractivity (Wildman–Crippen MR) is 116 cm³/mol. The predicted octanol–water partition coefficient (Wildman–Crippen LogP) is 3.88. The summed E-state index contributed by atoms with van der Waals surface area (Å²) in [5.41, 5.74) is 3.03. The van der Waals surface area contributed by atoms with Crippen molar-refractivity contribution in [3.63, 3.8) is 0 Å². The molecule has 29 heavy (non-hydrogen) atoms. The van der Waals surface area contributed by atoms with E-state index in [-0.39, 0.29) is 29.6 Å². The van der Waals surface area contributed by atoms with Crippen molar-refractivity contribution >= 4 is 44.2 Å². The van der Waals surface area contributed by atoms with E-state index in [4.69, 9.17) is 0 Å². The van der Waals surface area contributed by atoms with Crippen LogP contribution in [-0.4, -0.2) is 25.1 Å². The topological polar surface area (TPSA) is 81.3 Å². The van der Waals surface area contributed by atoms with Gasteiger partial charge in [0.1, 0.15) is 12.4 Å². The van der Waals surface area contributed by atoms with Crippen LogP contribution >= 0.6 is 15.9 Å². The molecule has 0 aliphatic rings. The van der Waals surface area contributed by atoms with Crippen molar-refractivity contribution in [2.45, 2.75) is 33.2 Å². The minimum Gasteiger partial charge on any atom is -0.325 e. The van der Waals surface area contributed by atoms with Crippen LogP contribution in [0.25, 0.3) is 16.7 Å². The molecule has 1 N–H and O–H groups in total. The minimum atomic E-state index is -0.342. The second-order valence-electron chi connectivity index (χ2n) is 7.26. The molecule has 0 atom stereocenters. The molecule has 0 aliphatic carbocycles. The molecule has 0 saturated carbocycles. The van der Waals surface area contributed by atoms with Gasteiger partial charge in [0.15, 0.2) is 0 Å². The zero-order valence-corrected chi connectivity index (χ0v) is 17.9. The number of rotatable bonds is 4. The SMILES string of the molecule is Cc1cc(NC(=O)Cn2c(=O)c3nnc(C(C)C)n3c3ccccc32)ccc1Br. The van der Waals surface area contributed by atoms with Crippen molar-refractivity contribution in [1.82, 2.24) is 19.2 Å². The molecule has 8 heteroatoms. The fourth-order valence-electron chi connectivity index (χ4n) is 3.38. The number of hydrogen-bond donors (Lipinski definition) is 1. The fraction of sp³-hybridized carbons (Fsp3) is 0.238. The first kappa shape index (κ1) is 19.3. The number of para-hydroxylation sites is 2. The highest BCUT2D eigenvalue weighted by atomic mass is 79.9. The number of carbonyl (C=O) groups excluding carboxylic acids is 1. The number of nitrogens with zero attached hydrogens (tertiary/aromatic N) is 4. The Kier molecular flexibility index (Phi) is 4.96. The van der Waals surface area contributed by atoms with E-state index in [1.54, 1.807) is 4.40 Å². The molecule has 4 aromatic rings. The van der Waals surface area contributed by atoms with Gasteiger partial charge in [0, 0.05) is 16.1 Å². The van der Waals surface area contributed by atoms with E-state index in [1.807, 2.05) is 63.2 Å². The van der Waals surface area contributed by atoms with Crippen LogP contribution in [0.5, 0.6) is 0 Å². The smallest absolute Gasteiger partial charge is 0.297 e. The lowest BCUT2D eigenvalue weighted by Gasteiger charge is -2.13. The summed E-state index contributed by atoms with van der Waals surface area (Å²) in [7, 11) is 0. The van der Waals surface area contributed by atoms with Crippen molar-refractivity contribution in [3.8, 4) is 0 Å². The highest BCUT2D eigenvalue weighted by Crippen LogP contribution is 2.21. The number of hydrogen-bond acceptors (Lipinski definition) is 4. The number of halogens is 1.